The van der Waals surface area contributed by atoms with E-state index in [9.17, 15) is 0 Å². The van der Waals surface area contributed by atoms with Crippen molar-refractivity contribution in [2.75, 3.05) is 0 Å². The summed E-state index contributed by atoms with van der Waals surface area (Å²) in [6.45, 7) is 4.46. The molecule has 0 fully saturated rings. The molecule has 0 spiro atoms. The third kappa shape index (κ3) is 4.39. The molecule has 0 heteroatoms. The minimum atomic E-state index is 1.14. The first-order valence-corrected chi connectivity index (χ1v) is 11.2. The van der Waals surface area contributed by atoms with Crippen molar-refractivity contribution in [3.05, 3.63) is 108 Å². The molecule has 30 heavy (non-hydrogen) atoms. The van der Waals surface area contributed by atoms with Crippen molar-refractivity contribution >= 4 is 0 Å². The molecular formula is C30H30. The first-order chi connectivity index (χ1) is 14.8. The van der Waals surface area contributed by atoms with E-state index < -0.39 is 0 Å². The number of benzene rings is 4. The predicted molar refractivity (Wildman–Crippen MR) is 131 cm³/mol. The Morgan fingerprint density at radius 2 is 0.733 bits per heavy atom. The third-order valence-electron chi connectivity index (χ3n) is 5.75. The van der Waals surface area contributed by atoms with Gasteiger partial charge in [0.25, 0.3) is 0 Å². The van der Waals surface area contributed by atoms with E-state index in [1.165, 1.54) is 57.3 Å². The second-order valence-corrected chi connectivity index (χ2v) is 7.99. The summed E-state index contributed by atoms with van der Waals surface area (Å²) in [5.74, 6) is 0. The first-order valence-electron chi connectivity index (χ1n) is 11.2. The van der Waals surface area contributed by atoms with Gasteiger partial charge in [-0.3, -0.25) is 0 Å². The summed E-state index contributed by atoms with van der Waals surface area (Å²) in [6, 6.07) is 35.7. The number of aryl methyl sites for hydroxylation is 2. The zero-order valence-corrected chi connectivity index (χ0v) is 18.1. The lowest BCUT2D eigenvalue weighted by molar-refractivity contribution is 0.922. The zero-order valence-electron chi connectivity index (χ0n) is 18.1. The molecule has 0 aliphatic rings. The minimum absolute atomic E-state index is 1.14. The van der Waals surface area contributed by atoms with E-state index in [4.69, 9.17) is 0 Å². The van der Waals surface area contributed by atoms with Crippen LogP contribution in [-0.2, 0) is 12.8 Å². The van der Waals surface area contributed by atoms with Gasteiger partial charge in [-0.25, -0.2) is 0 Å². The number of hydrogen-bond donors (Lipinski definition) is 0. The molecule has 0 saturated heterocycles. The van der Waals surface area contributed by atoms with Crippen LogP contribution in [0.2, 0.25) is 0 Å². The van der Waals surface area contributed by atoms with Crippen LogP contribution in [0.1, 0.15) is 37.8 Å². The van der Waals surface area contributed by atoms with Gasteiger partial charge < -0.3 is 0 Å². The fourth-order valence-corrected chi connectivity index (χ4v) is 4.22. The fourth-order valence-electron chi connectivity index (χ4n) is 4.22. The highest BCUT2D eigenvalue weighted by molar-refractivity contribution is 5.91. The molecule has 0 aliphatic heterocycles. The molecule has 0 saturated carbocycles. The molecule has 0 atom stereocenters. The van der Waals surface area contributed by atoms with E-state index in [0.29, 0.717) is 0 Å². The van der Waals surface area contributed by atoms with Crippen LogP contribution in [0.3, 0.4) is 0 Å². The van der Waals surface area contributed by atoms with Crippen LogP contribution < -0.4 is 0 Å². The van der Waals surface area contributed by atoms with Gasteiger partial charge in [0.15, 0.2) is 0 Å². The molecule has 150 valence electrons. The lowest BCUT2D eigenvalue weighted by atomic mass is 9.89. The Hall–Kier alpha value is -3.12. The molecular weight excluding hydrogens is 360 g/mol. The standard InChI is InChI=1S/C30H30/c1-3-9-23-15-19-25(20-16-23)27-11-5-7-13-29(27)30-14-8-6-12-28(30)26-21-17-24(10-4-2)18-22-26/h5-8,11-22H,3-4,9-10H2,1-2H3. The van der Waals surface area contributed by atoms with E-state index in [2.05, 4.69) is 111 Å². The summed E-state index contributed by atoms with van der Waals surface area (Å²) in [4.78, 5) is 0. The lowest BCUT2D eigenvalue weighted by Gasteiger charge is -2.15. The van der Waals surface area contributed by atoms with Crippen LogP contribution in [-0.4, -0.2) is 0 Å². The zero-order chi connectivity index (χ0) is 20.8. The van der Waals surface area contributed by atoms with Crippen molar-refractivity contribution in [3.8, 4) is 33.4 Å². The summed E-state index contributed by atoms with van der Waals surface area (Å²) in [5, 5.41) is 0. The van der Waals surface area contributed by atoms with Gasteiger partial charge in [-0.1, -0.05) is 124 Å². The summed E-state index contributed by atoms with van der Waals surface area (Å²) >= 11 is 0. The largest absolute Gasteiger partial charge is 0.0651 e. The van der Waals surface area contributed by atoms with Crippen molar-refractivity contribution in [1.82, 2.24) is 0 Å². The molecule has 0 radical (unpaired) electrons. The van der Waals surface area contributed by atoms with Crippen LogP contribution in [0.5, 0.6) is 0 Å². The van der Waals surface area contributed by atoms with E-state index in [-0.39, 0.29) is 0 Å². The van der Waals surface area contributed by atoms with Gasteiger partial charge in [0, 0.05) is 0 Å². The Morgan fingerprint density at radius 3 is 1.07 bits per heavy atom. The minimum Gasteiger partial charge on any atom is -0.0651 e. The molecule has 0 N–H and O–H groups in total. The SMILES string of the molecule is CCCc1ccc(-c2ccccc2-c2ccccc2-c2ccc(CCC)cc2)cc1. The van der Waals surface area contributed by atoms with Crippen LogP contribution in [0.15, 0.2) is 97.1 Å². The van der Waals surface area contributed by atoms with Gasteiger partial charge in [-0.15, -0.1) is 0 Å². The van der Waals surface area contributed by atoms with Gasteiger partial charge in [-0.2, -0.15) is 0 Å². The Balaban J connectivity index is 1.77. The van der Waals surface area contributed by atoms with Gasteiger partial charge in [0.1, 0.15) is 0 Å². The number of rotatable bonds is 7. The predicted octanol–water partition coefficient (Wildman–Crippen LogP) is 8.59. The van der Waals surface area contributed by atoms with Crippen molar-refractivity contribution in [1.29, 1.82) is 0 Å². The molecule has 0 unspecified atom stereocenters. The first kappa shape index (κ1) is 20.2. The van der Waals surface area contributed by atoms with Gasteiger partial charge in [0.05, 0.1) is 0 Å². The van der Waals surface area contributed by atoms with Crippen molar-refractivity contribution < 1.29 is 0 Å². The normalized spacial score (nSPS) is 10.9. The topological polar surface area (TPSA) is 0 Å². The maximum atomic E-state index is 2.27. The second-order valence-electron chi connectivity index (χ2n) is 7.99. The van der Waals surface area contributed by atoms with Gasteiger partial charge in [0.2, 0.25) is 0 Å². The quantitative estimate of drug-likeness (QED) is 0.296. The average molecular weight is 391 g/mol. The molecule has 4 rings (SSSR count). The maximum Gasteiger partial charge on any atom is -0.00992 e. The molecule has 0 aromatic heterocycles. The summed E-state index contributed by atoms with van der Waals surface area (Å²) < 4.78 is 0. The fraction of sp³-hybridized carbons (Fsp3) is 0.200. The monoisotopic (exact) mass is 390 g/mol. The summed E-state index contributed by atoms with van der Waals surface area (Å²) in [5.41, 5.74) is 10.5. The molecule has 0 nitrogen and oxygen atoms in total. The van der Waals surface area contributed by atoms with Gasteiger partial charge in [-0.05, 0) is 57.3 Å². The lowest BCUT2D eigenvalue weighted by Crippen LogP contribution is -1.90. The van der Waals surface area contributed by atoms with Gasteiger partial charge >= 0.3 is 0 Å². The highest BCUT2D eigenvalue weighted by atomic mass is 14.2. The van der Waals surface area contributed by atoms with E-state index in [1.807, 2.05) is 0 Å². The molecule has 4 aromatic rings. The Kier molecular flexibility index (Phi) is 6.44. The second kappa shape index (κ2) is 9.59. The third-order valence-corrected chi connectivity index (χ3v) is 5.75. The van der Waals surface area contributed by atoms with Crippen LogP contribution in [0.25, 0.3) is 33.4 Å². The van der Waals surface area contributed by atoms with E-state index >= 15 is 0 Å². The molecule has 0 bridgehead atoms. The highest BCUT2D eigenvalue weighted by Crippen LogP contribution is 2.38. The Labute approximate surface area is 181 Å². The van der Waals surface area contributed by atoms with Crippen molar-refractivity contribution in [3.63, 3.8) is 0 Å². The van der Waals surface area contributed by atoms with Crippen molar-refractivity contribution in [2.45, 2.75) is 39.5 Å². The maximum absolute atomic E-state index is 2.27. The van der Waals surface area contributed by atoms with Crippen molar-refractivity contribution in [2.24, 2.45) is 0 Å². The average Bonchev–Trinajstić information content (AvgIpc) is 2.81. The summed E-state index contributed by atoms with van der Waals surface area (Å²) in [6.07, 6.45) is 4.64. The Bertz CT molecular complexity index is 994. The molecule has 0 heterocycles. The highest BCUT2D eigenvalue weighted by Gasteiger charge is 2.12. The van der Waals surface area contributed by atoms with E-state index in [1.54, 1.807) is 0 Å². The molecule has 4 aromatic carbocycles. The smallest absolute Gasteiger partial charge is 0.00992 e. The Morgan fingerprint density at radius 1 is 0.400 bits per heavy atom. The van der Waals surface area contributed by atoms with Crippen LogP contribution in [0, 0.1) is 0 Å². The molecule has 0 amide bonds. The van der Waals surface area contributed by atoms with Crippen LogP contribution >= 0.6 is 0 Å². The number of hydrogen-bond acceptors (Lipinski definition) is 0. The molecule has 0 aliphatic carbocycles. The summed E-state index contributed by atoms with van der Waals surface area (Å²) in [7, 11) is 0. The van der Waals surface area contributed by atoms with Crippen LogP contribution in [0.4, 0.5) is 0 Å². The van der Waals surface area contributed by atoms with E-state index in [0.717, 1.165) is 12.8 Å².